The lowest BCUT2D eigenvalue weighted by molar-refractivity contribution is -0.113. The first-order valence-corrected chi connectivity index (χ1v) is 9.23. The van der Waals surface area contributed by atoms with Crippen LogP contribution in [0.25, 0.3) is 11.4 Å². The van der Waals surface area contributed by atoms with Gasteiger partial charge in [0.1, 0.15) is 0 Å². The molecular weight excluding hydrogens is 381 g/mol. The van der Waals surface area contributed by atoms with Crippen LogP contribution in [0, 0.1) is 0 Å². The molecule has 0 aliphatic carbocycles. The third kappa shape index (κ3) is 5.22. The Hall–Kier alpha value is -2.02. The van der Waals surface area contributed by atoms with Crippen molar-refractivity contribution >= 4 is 46.6 Å². The van der Waals surface area contributed by atoms with Crippen LogP contribution in [-0.2, 0) is 10.5 Å². The molecule has 0 radical (unpaired) electrons. The number of thioether (sulfide) groups is 1. The number of aromatic nitrogens is 2. The summed E-state index contributed by atoms with van der Waals surface area (Å²) >= 11 is 13.1. The maximum Gasteiger partial charge on any atom is 0.236 e. The van der Waals surface area contributed by atoms with Crippen LogP contribution in [-0.4, -0.2) is 21.8 Å². The van der Waals surface area contributed by atoms with E-state index in [0.29, 0.717) is 33.2 Å². The van der Waals surface area contributed by atoms with Gasteiger partial charge < -0.3 is 9.84 Å². The van der Waals surface area contributed by atoms with Crippen molar-refractivity contribution in [2.24, 2.45) is 0 Å². The van der Waals surface area contributed by atoms with Crippen LogP contribution in [0.3, 0.4) is 0 Å². The van der Waals surface area contributed by atoms with Crippen LogP contribution in [0.15, 0.2) is 53.1 Å². The molecule has 0 aliphatic rings. The van der Waals surface area contributed by atoms with Crippen LogP contribution in [0.2, 0.25) is 10.0 Å². The number of benzene rings is 2. The largest absolute Gasteiger partial charge is 0.338 e. The molecule has 1 heterocycles. The first-order valence-electron chi connectivity index (χ1n) is 7.32. The van der Waals surface area contributed by atoms with Crippen molar-refractivity contribution < 1.29 is 9.32 Å². The van der Waals surface area contributed by atoms with Crippen molar-refractivity contribution in [1.29, 1.82) is 0 Å². The molecule has 0 spiro atoms. The van der Waals surface area contributed by atoms with E-state index in [0.717, 1.165) is 5.56 Å². The van der Waals surface area contributed by atoms with Crippen molar-refractivity contribution in [1.82, 2.24) is 10.1 Å². The van der Waals surface area contributed by atoms with Gasteiger partial charge in [-0.2, -0.15) is 4.98 Å². The SMILES string of the molecule is O=C(CSCc1nc(-c2ccc(Cl)cc2)no1)Nc1cccc(Cl)c1. The van der Waals surface area contributed by atoms with Gasteiger partial charge in [0.15, 0.2) is 0 Å². The summed E-state index contributed by atoms with van der Waals surface area (Å²) in [5.41, 5.74) is 1.49. The van der Waals surface area contributed by atoms with E-state index in [-0.39, 0.29) is 11.7 Å². The summed E-state index contributed by atoms with van der Waals surface area (Å²) in [5, 5.41) is 7.94. The van der Waals surface area contributed by atoms with Gasteiger partial charge >= 0.3 is 0 Å². The quantitative estimate of drug-likeness (QED) is 0.643. The number of nitrogens with zero attached hydrogens (tertiary/aromatic N) is 2. The molecule has 1 N–H and O–H groups in total. The number of halogens is 2. The molecular formula is C17H13Cl2N3O2S. The van der Waals surface area contributed by atoms with Crippen LogP contribution in [0.1, 0.15) is 5.89 Å². The Kier molecular flexibility index (Phi) is 5.96. The van der Waals surface area contributed by atoms with E-state index in [1.165, 1.54) is 11.8 Å². The molecule has 0 fully saturated rings. The summed E-state index contributed by atoms with van der Waals surface area (Å²) in [5.74, 6) is 1.56. The number of carbonyl (C=O) groups excluding carboxylic acids is 1. The molecule has 5 nitrogen and oxygen atoms in total. The Morgan fingerprint density at radius 1 is 1.12 bits per heavy atom. The second-order valence-electron chi connectivity index (χ2n) is 5.07. The summed E-state index contributed by atoms with van der Waals surface area (Å²) in [6, 6.07) is 14.2. The van der Waals surface area contributed by atoms with Gasteiger partial charge in [-0.3, -0.25) is 4.79 Å². The molecule has 2 aromatic carbocycles. The third-order valence-corrected chi connectivity index (χ3v) is 4.54. The summed E-state index contributed by atoms with van der Waals surface area (Å²) in [4.78, 5) is 16.2. The Morgan fingerprint density at radius 2 is 1.92 bits per heavy atom. The molecule has 1 aromatic heterocycles. The third-order valence-electron chi connectivity index (χ3n) is 3.14. The van der Waals surface area contributed by atoms with E-state index in [2.05, 4.69) is 15.5 Å². The minimum Gasteiger partial charge on any atom is -0.338 e. The van der Waals surface area contributed by atoms with Crippen LogP contribution < -0.4 is 5.32 Å². The summed E-state index contributed by atoms with van der Waals surface area (Å²) in [7, 11) is 0. The van der Waals surface area contributed by atoms with E-state index in [9.17, 15) is 4.79 Å². The number of carbonyl (C=O) groups is 1. The lowest BCUT2D eigenvalue weighted by Gasteiger charge is -2.04. The molecule has 0 aliphatic heterocycles. The van der Waals surface area contributed by atoms with E-state index in [1.807, 2.05) is 12.1 Å². The van der Waals surface area contributed by atoms with Crippen LogP contribution in [0.5, 0.6) is 0 Å². The van der Waals surface area contributed by atoms with Gasteiger partial charge in [-0.1, -0.05) is 34.4 Å². The summed E-state index contributed by atoms with van der Waals surface area (Å²) in [6.07, 6.45) is 0. The molecule has 8 heteroatoms. The van der Waals surface area contributed by atoms with E-state index in [1.54, 1.807) is 36.4 Å². The molecule has 0 saturated carbocycles. The fourth-order valence-corrected chi connectivity index (χ4v) is 2.99. The number of nitrogens with one attached hydrogen (secondary N) is 1. The Balaban J connectivity index is 1.49. The highest BCUT2D eigenvalue weighted by Crippen LogP contribution is 2.20. The fraction of sp³-hybridized carbons (Fsp3) is 0.118. The van der Waals surface area contributed by atoms with Gasteiger partial charge in [-0.15, -0.1) is 11.8 Å². The van der Waals surface area contributed by atoms with Crippen molar-refractivity contribution in [2.45, 2.75) is 5.75 Å². The van der Waals surface area contributed by atoms with Crippen molar-refractivity contribution in [3.63, 3.8) is 0 Å². The van der Waals surface area contributed by atoms with E-state index < -0.39 is 0 Å². The lowest BCUT2D eigenvalue weighted by atomic mass is 10.2. The first kappa shape index (κ1) is 17.8. The van der Waals surface area contributed by atoms with Crippen molar-refractivity contribution in [3.8, 4) is 11.4 Å². The highest BCUT2D eigenvalue weighted by molar-refractivity contribution is 7.99. The number of amides is 1. The smallest absolute Gasteiger partial charge is 0.236 e. The van der Waals surface area contributed by atoms with Gasteiger partial charge in [-0.05, 0) is 42.5 Å². The van der Waals surface area contributed by atoms with E-state index in [4.69, 9.17) is 27.7 Å². The molecule has 0 saturated heterocycles. The maximum atomic E-state index is 11.9. The van der Waals surface area contributed by atoms with Gasteiger partial charge in [0.05, 0.1) is 11.5 Å². The molecule has 3 rings (SSSR count). The van der Waals surface area contributed by atoms with Gasteiger partial charge in [0, 0.05) is 21.3 Å². The number of anilines is 1. The average Bonchev–Trinajstić information content (AvgIpc) is 3.04. The normalized spacial score (nSPS) is 10.6. The van der Waals surface area contributed by atoms with Crippen LogP contribution >= 0.6 is 35.0 Å². The maximum absolute atomic E-state index is 11.9. The molecule has 0 unspecified atom stereocenters. The minimum atomic E-state index is -0.121. The predicted octanol–water partition coefficient (Wildman–Crippen LogP) is 4.92. The molecule has 3 aromatic rings. The topological polar surface area (TPSA) is 68.0 Å². The van der Waals surface area contributed by atoms with Gasteiger partial charge in [0.25, 0.3) is 0 Å². The second-order valence-corrected chi connectivity index (χ2v) is 6.93. The first-order chi connectivity index (χ1) is 12.1. The predicted molar refractivity (Wildman–Crippen MR) is 101 cm³/mol. The Labute approximate surface area is 158 Å². The molecule has 0 atom stereocenters. The van der Waals surface area contributed by atoms with Gasteiger partial charge in [-0.25, -0.2) is 0 Å². The summed E-state index contributed by atoms with van der Waals surface area (Å²) < 4.78 is 5.20. The molecule has 25 heavy (non-hydrogen) atoms. The zero-order valence-corrected chi connectivity index (χ0v) is 15.2. The molecule has 1 amide bonds. The number of hydrogen-bond donors (Lipinski definition) is 1. The van der Waals surface area contributed by atoms with Crippen molar-refractivity contribution in [3.05, 3.63) is 64.5 Å². The lowest BCUT2D eigenvalue weighted by Crippen LogP contribution is -2.14. The monoisotopic (exact) mass is 393 g/mol. The zero-order valence-electron chi connectivity index (χ0n) is 12.9. The standard InChI is InChI=1S/C17H13Cl2N3O2S/c18-12-6-4-11(5-7-12)17-21-16(24-22-17)10-25-9-15(23)20-14-3-1-2-13(19)8-14/h1-8H,9-10H2,(H,20,23). The second kappa shape index (κ2) is 8.38. The van der Waals surface area contributed by atoms with Crippen molar-refractivity contribution in [2.75, 3.05) is 11.1 Å². The highest BCUT2D eigenvalue weighted by atomic mass is 35.5. The Bertz CT molecular complexity index is 868. The average molecular weight is 394 g/mol. The fourth-order valence-electron chi connectivity index (χ4n) is 2.02. The van der Waals surface area contributed by atoms with E-state index >= 15 is 0 Å². The number of hydrogen-bond acceptors (Lipinski definition) is 5. The zero-order chi connectivity index (χ0) is 17.6. The number of rotatable bonds is 6. The highest BCUT2D eigenvalue weighted by Gasteiger charge is 2.10. The Morgan fingerprint density at radius 3 is 2.68 bits per heavy atom. The minimum absolute atomic E-state index is 0.121. The molecule has 128 valence electrons. The summed E-state index contributed by atoms with van der Waals surface area (Å²) in [6.45, 7) is 0. The van der Waals surface area contributed by atoms with Gasteiger partial charge in [0.2, 0.25) is 17.6 Å². The van der Waals surface area contributed by atoms with Crippen LogP contribution in [0.4, 0.5) is 5.69 Å². The molecule has 0 bridgehead atoms.